The molecule has 0 atom stereocenters. The van der Waals surface area contributed by atoms with Crippen LogP contribution in [0, 0.1) is 16.0 Å². The first-order valence-electron chi connectivity index (χ1n) is 7.22. The molecule has 0 amide bonds. The molecule has 1 saturated carbocycles. The van der Waals surface area contributed by atoms with Crippen molar-refractivity contribution >= 4 is 11.4 Å². The molecule has 0 aromatic heterocycles. The number of aryl methyl sites for hydroxylation is 1. The Kier molecular flexibility index (Phi) is 4.77. The SMILES string of the molecule is CCc1ccc(NCC2CCCCC2)cc1[N+](=O)[O-]. The van der Waals surface area contributed by atoms with Gasteiger partial charge in [-0.3, -0.25) is 10.1 Å². The van der Waals surface area contributed by atoms with Crippen LogP contribution >= 0.6 is 0 Å². The molecule has 1 aliphatic carbocycles. The van der Waals surface area contributed by atoms with Crippen molar-refractivity contribution in [2.75, 3.05) is 11.9 Å². The Balaban J connectivity index is 2.00. The zero-order chi connectivity index (χ0) is 13.7. The molecule has 19 heavy (non-hydrogen) atoms. The third kappa shape index (κ3) is 3.69. The van der Waals surface area contributed by atoms with E-state index in [0.717, 1.165) is 23.7 Å². The van der Waals surface area contributed by atoms with E-state index < -0.39 is 0 Å². The van der Waals surface area contributed by atoms with Gasteiger partial charge >= 0.3 is 0 Å². The molecule has 0 saturated heterocycles. The average molecular weight is 262 g/mol. The number of hydrogen-bond acceptors (Lipinski definition) is 3. The smallest absolute Gasteiger partial charge is 0.274 e. The molecule has 1 fully saturated rings. The summed E-state index contributed by atoms with van der Waals surface area (Å²) in [5, 5.41) is 14.4. The summed E-state index contributed by atoms with van der Waals surface area (Å²) in [4.78, 5) is 10.7. The van der Waals surface area contributed by atoms with Gasteiger partial charge in [-0.15, -0.1) is 0 Å². The Morgan fingerprint density at radius 1 is 1.32 bits per heavy atom. The van der Waals surface area contributed by atoms with Gasteiger partial charge in [0.2, 0.25) is 0 Å². The second-order valence-corrected chi connectivity index (χ2v) is 5.34. The zero-order valence-corrected chi connectivity index (χ0v) is 11.5. The lowest BCUT2D eigenvalue weighted by molar-refractivity contribution is -0.385. The van der Waals surface area contributed by atoms with E-state index >= 15 is 0 Å². The molecule has 0 unspecified atom stereocenters. The van der Waals surface area contributed by atoms with Crippen molar-refractivity contribution in [1.82, 2.24) is 0 Å². The van der Waals surface area contributed by atoms with Gasteiger partial charge in [0.1, 0.15) is 0 Å². The highest BCUT2D eigenvalue weighted by Crippen LogP contribution is 2.26. The van der Waals surface area contributed by atoms with Crippen LogP contribution in [0.25, 0.3) is 0 Å². The molecule has 0 spiro atoms. The van der Waals surface area contributed by atoms with Gasteiger partial charge in [-0.25, -0.2) is 0 Å². The van der Waals surface area contributed by atoms with Gasteiger partial charge in [0.15, 0.2) is 0 Å². The number of anilines is 1. The van der Waals surface area contributed by atoms with Crippen LogP contribution in [-0.4, -0.2) is 11.5 Å². The van der Waals surface area contributed by atoms with E-state index in [9.17, 15) is 10.1 Å². The average Bonchev–Trinajstić information content (AvgIpc) is 2.46. The van der Waals surface area contributed by atoms with Crippen LogP contribution in [0.4, 0.5) is 11.4 Å². The number of nitro groups is 1. The van der Waals surface area contributed by atoms with E-state index in [1.807, 2.05) is 19.1 Å². The molecule has 1 aliphatic rings. The van der Waals surface area contributed by atoms with E-state index in [-0.39, 0.29) is 10.6 Å². The predicted molar refractivity (Wildman–Crippen MR) is 77.5 cm³/mol. The van der Waals surface area contributed by atoms with Gasteiger partial charge in [0.05, 0.1) is 4.92 Å². The summed E-state index contributed by atoms with van der Waals surface area (Å²) in [6, 6.07) is 5.48. The number of nitrogens with zero attached hydrogens (tertiary/aromatic N) is 1. The first-order chi connectivity index (χ1) is 9.20. The van der Waals surface area contributed by atoms with E-state index in [2.05, 4.69) is 5.32 Å². The number of rotatable bonds is 5. The van der Waals surface area contributed by atoms with Crippen molar-refractivity contribution in [1.29, 1.82) is 0 Å². The van der Waals surface area contributed by atoms with Crippen molar-refractivity contribution in [2.24, 2.45) is 5.92 Å². The first kappa shape index (κ1) is 13.8. The quantitative estimate of drug-likeness (QED) is 0.640. The van der Waals surface area contributed by atoms with E-state index in [0.29, 0.717) is 6.42 Å². The molecule has 0 bridgehead atoms. The normalized spacial score (nSPS) is 16.3. The molecule has 0 radical (unpaired) electrons. The topological polar surface area (TPSA) is 55.2 Å². The summed E-state index contributed by atoms with van der Waals surface area (Å²) in [5.74, 6) is 0.721. The van der Waals surface area contributed by atoms with Crippen molar-refractivity contribution < 1.29 is 4.92 Å². The summed E-state index contributed by atoms with van der Waals surface area (Å²) in [7, 11) is 0. The summed E-state index contributed by atoms with van der Waals surface area (Å²) in [6.45, 7) is 2.88. The maximum Gasteiger partial charge on any atom is 0.274 e. The minimum Gasteiger partial charge on any atom is -0.385 e. The molecule has 4 nitrogen and oxygen atoms in total. The molecule has 4 heteroatoms. The number of nitrogens with one attached hydrogen (secondary N) is 1. The molecule has 0 heterocycles. The van der Waals surface area contributed by atoms with Crippen LogP contribution in [0.15, 0.2) is 18.2 Å². The minimum atomic E-state index is -0.287. The zero-order valence-electron chi connectivity index (χ0n) is 11.5. The largest absolute Gasteiger partial charge is 0.385 e. The molecular formula is C15H22N2O2. The number of benzene rings is 1. The van der Waals surface area contributed by atoms with Crippen LogP contribution in [0.2, 0.25) is 0 Å². The van der Waals surface area contributed by atoms with E-state index in [4.69, 9.17) is 0 Å². The lowest BCUT2D eigenvalue weighted by Gasteiger charge is -2.22. The third-order valence-electron chi connectivity index (χ3n) is 3.98. The highest BCUT2D eigenvalue weighted by molar-refractivity contribution is 5.55. The van der Waals surface area contributed by atoms with Crippen molar-refractivity contribution in [3.63, 3.8) is 0 Å². The van der Waals surface area contributed by atoms with Gasteiger partial charge in [-0.1, -0.05) is 32.3 Å². The number of nitro benzene ring substituents is 1. The predicted octanol–water partition coefficient (Wildman–Crippen LogP) is 4.15. The standard InChI is InChI=1S/C15H22N2O2/c1-2-13-8-9-14(10-15(13)17(18)19)16-11-12-6-4-3-5-7-12/h8-10,12,16H,2-7,11H2,1H3. The van der Waals surface area contributed by atoms with Crippen LogP contribution in [0.1, 0.15) is 44.6 Å². The maximum absolute atomic E-state index is 11.0. The fourth-order valence-electron chi connectivity index (χ4n) is 2.80. The Hall–Kier alpha value is -1.58. The second-order valence-electron chi connectivity index (χ2n) is 5.34. The first-order valence-corrected chi connectivity index (χ1v) is 7.22. The van der Waals surface area contributed by atoms with Crippen molar-refractivity contribution in [3.05, 3.63) is 33.9 Å². The number of hydrogen-bond donors (Lipinski definition) is 1. The van der Waals surface area contributed by atoms with E-state index in [1.54, 1.807) is 6.07 Å². The molecular weight excluding hydrogens is 240 g/mol. The molecule has 1 aromatic carbocycles. The Morgan fingerprint density at radius 3 is 2.68 bits per heavy atom. The highest BCUT2D eigenvalue weighted by Gasteiger charge is 2.15. The van der Waals surface area contributed by atoms with Crippen molar-refractivity contribution in [3.8, 4) is 0 Å². The Bertz CT molecular complexity index is 440. The van der Waals surface area contributed by atoms with Crippen LogP contribution in [0.5, 0.6) is 0 Å². The van der Waals surface area contributed by atoms with Gasteiger partial charge in [-0.05, 0) is 31.2 Å². The maximum atomic E-state index is 11.0. The molecule has 2 rings (SSSR count). The third-order valence-corrected chi connectivity index (χ3v) is 3.98. The monoisotopic (exact) mass is 262 g/mol. The fourth-order valence-corrected chi connectivity index (χ4v) is 2.80. The van der Waals surface area contributed by atoms with E-state index in [1.165, 1.54) is 32.1 Å². The Morgan fingerprint density at radius 2 is 2.05 bits per heavy atom. The summed E-state index contributed by atoms with van der Waals surface area (Å²) >= 11 is 0. The van der Waals surface area contributed by atoms with Crippen LogP contribution in [0.3, 0.4) is 0 Å². The van der Waals surface area contributed by atoms with Gasteiger partial charge in [0, 0.05) is 23.9 Å². The molecule has 0 aliphatic heterocycles. The lowest BCUT2D eigenvalue weighted by atomic mass is 9.89. The van der Waals surface area contributed by atoms with Crippen molar-refractivity contribution in [2.45, 2.75) is 45.4 Å². The van der Waals surface area contributed by atoms with Crippen LogP contribution < -0.4 is 5.32 Å². The highest BCUT2D eigenvalue weighted by atomic mass is 16.6. The van der Waals surface area contributed by atoms with Gasteiger partial charge < -0.3 is 5.32 Å². The molecule has 1 aromatic rings. The molecule has 1 N–H and O–H groups in total. The fraction of sp³-hybridized carbons (Fsp3) is 0.600. The summed E-state index contributed by atoms with van der Waals surface area (Å²) < 4.78 is 0. The lowest BCUT2D eigenvalue weighted by Crippen LogP contribution is -2.17. The second kappa shape index (κ2) is 6.55. The van der Waals surface area contributed by atoms with Gasteiger partial charge in [-0.2, -0.15) is 0 Å². The summed E-state index contributed by atoms with van der Waals surface area (Å²) in [6.07, 6.45) is 7.25. The molecule has 104 valence electrons. The van der Waals surface area contributed by atoms with Crippen LogP contribution in [-0.2, 0) is 6.42 Å². The minimum absolute atomic E-state index is 0.233. The van der Waals surface area contributed by atoms with Gasteiger partial charge in [0.25, 0.3) is 5.69 Å². The summed E-state index contributed by atoms with van der Waals surface area (Å²) in [5.41, 5.74) is 1.90. The Labute approximate surface area is 114 Å².